The van der Waals surface area contributed by atoms with Crippen LogP contribution in [0, 0.1) is 5.92 Å². The number of benzene rings is 1. The van der Waals surface area contributed by atoms with Crippen molar-refractivity contribution in [3.8, 4) is 0 Å². The molecule has 30 heavy (non-hydrogen) atoms. The van der Waals surface area contributed by atoms with Gasteiger partial charge in [-0.2, -0.15) is 0 Å². The molecule has 1 atom stereocenters. The van der Waals surface area contributed by atoms with Gasteiger partial charge in [-0.05, 0) is 61.4 Å². The van der Waals surface area contributed by atoms with Crippen LogP contribution >= 0.6 is 0 Å². The van der Waals surface area contributed by atoms with Gasteiger partial charge in [-0.3, -0.25) is 0 Å². The van der Waals surface area contributed by atoms with E-state index in [0.29, 0.717) is 12.5 Å². The van der Waals surface area contributed by atoms with Gasteiger partial charge in [0.2, 0.25) is 8.32 Å². The lowest BCUT2D eigenvalue weighted by molar-refractivity contribution is 0.122. The molecule has 0 saturated heterocycles. The molecule has 0 amide bonds. The van der Waals surface area contributed by atoms with Crippen molar-refractivity contribution in [1.29, 1.82) is 0 Å². The van der Waals surface area contributed by atoms with Crippen molar-refractivity contribution in [3.63, 3.8) is 0 Å². The number of ether oxygens (including phenoxy) is 1. The van der Waals surface area contributed by atoms with Gasteiger partial charge in [-0.25, -0.2) is 0 Å². The van der Waals surface area contributed by atoms with E-state index in [1.165, 1.54) is 67.1 Å². The quantitative estimate of drug-likeness (QED) is 0.168. The van der Waals surface area contributed by atoms with Crippen LogP contribution < -0.4 is 0 Å². The summed E-state index contributed by atoms with van der Waals surface area (Å²) in [5.41, 5.74) is 4.15. The van der Waals surface area contributed by atoms with Crippen LogP contribution in [-0.2, 0) is 15.8 Å². The summed E-state index contributed by atoms with van der Waals surface area (Å²) >= 11 is 0. The Morgan fingerprint density at radius 3 is 2.40 bits per heavy atom. The van der Waals surface area contributed by atoms with Gasteiger partial charge < -0.3 is 9.16 Å². The predicted octanol–water partition coefficient (Wildman–Crippen LogP) is 8.42. The van der Waals surface area contributed by atoms with Crippen molar-refractivity contribution >= 4 is 8.32 Å². The topological polar surface area (TPSA) is 18.5 Å². The number of unbranched alkanes of at least 4 members (excludes halogenated alkanes) is 1. The lowest BCUT2D eigenvalue weighted by atomic mass is 9.79. The fourth-order valence-corrected chi connectivity index (χ4v) is 7.30. The van der Waals surface area contributed by atoms with E-state index in [1.54, 1.807) is 5.57 Å². The summed E-state index contributed by atoms with van der Waals surface area (Å²) < 4.78 is 12.9. The molecule has 0 fully saturated rings. The highest BCUT2D eigenvalue weighted by molar-refractivity contribution is 6.73. The van der Waals surface area contributed by atoms with Gasteiger partial charge in [-0.1, -0.05) is 76.6 Å². The van der Waals surface area contributed by atoms with E-state index in [4.69, 9.17) is 9.16 Å². The minimum atomic E-state index is -1.63. The van der Waals surface area contributed by atoms with Gasteiger partial charge in [0.15, 0.2) is 0 Å². The Hall–Kier alpha value is -1.32. The highest BCUT2D eigenvalue weighted by atomic mass is 28.4. The first kappa shape index (κ1) is 24.9. The minimum absolute atomic E-state index is 0.484. The lowest BCUT2D eigenvalue weighted by Gasteiger charge is -2.37. The Morgan fingerprint density at radius 2 is 1.77 bits per heavy atom. The molecule has 168 valence electrons. The smallest absolute Gasteiger partial charge is 0.250 e. The zero-order chi connectivity index (χ0) is 21.8. The molecule has 0 heterocycles. The molecule has 0 aromatic heterocycles. The normalized spacial score (nSPS) is 17.3. The highest BCUT2D eigenvalue weighted by Gasteiger charge is 2.34. The molecule has 1 aromatic carbocycles. The molecule has 2 rings (SSSR count). The molecule has 3 heteroatoms. The van der Waals surface area contributed by atoms with Crippen LogP contribution in [0.1, 0.15) is 78.2 Å². The number of rotatable bonds is 14. The summed E-state index contributed by atoms with van der Waals surface area (Å²) in [4.78, 5) is 0. The number of hydrogen-bond acceptors (Lipinski definition) is 2. The van der Waals surface area contributed by atoms with Gasteiger partial charge in [0, 0.05) is 12.3 Å². The Kier molecular flexibility index (Phi) is 10.9. The molecule has 0 unspecified atom stereocenters. The third kappa shape index (κ3) is 7.13. The summed E-state index contributed by atoms with van der Waals surface area (Å²) in [6, 6.07) is 14.1. The van der Waals surface area contributed by atoms with Crippen molar-refractivity contribution in [3.05, 3.63) is 59.4 Å². The molecule has 0 aliphatic heterocycles. The van der Waals surface area contributed by atoms with Crippen LogP contribution in [0.25, 0.3) is 0 Å². The molecular formula is C27H44O2Si. The molecule has 0 spiro atoms. The first-order valence-electron chi connectivity index (χ1n) is 12.3. The van der Waals surface area contributed by atoms with Crippen LogP contribution in [-0.4, -0.2) is 14.9 Å². The molecule has 1 aliphatic carbocycles. The van der Waals surface area contributed by atoms with E-state index in [0.717, 1.165) is 19.4 Å². The molecule has 0 saturated carbocycles. The van der Waals surface area contributed by atoms with E-state index in [1.807, 2.05) is 6.07 Å². The summed E-state index contributed by atoms with van der Waals surface area (Å²) in [6.07, 6.45) is 8.16. The molecule has 0 radical (unpaired) electrons. The van der Waals surface area contributed by atoms with Crippen LogP contribution in [0.15, 0.2) is 53.8 Å². The molecule has 1 aliphatic rings. The maximum absolute atomic E-state index is 6.95. The predicted molar refractivity (Wildman–Crippen MR) is 132 cm³/mol. The first-order valence-corrected chi connectivity index (χ1v) is 14.8. The third-order valence-electron chi connectivity index (χ3n) is 6.92. The third-order valence-corrected chi connectivity index (χ3v) is 11.5. The van der Waals surface area contributed by atoms with Gasteiger partial charge in [-0.15, -0.1) is 0 Å². The highest BCUT2D eigenvalue weighted by Crippen LogP contribution is 2.41. The summed E-state index contributed by atoms with van der Waals surface area (Å²) in [5.74, 6) is 1.83. The van der Waals surface area contributed by atoms with Crippen LogP contribution in [0.2, 0.25) is 18.1 Å². The largest absolute Gasteiger partial charge is 0.547 e. The zero-order valence-corrected chi connectivity index (χ0v) is 21.0. The molecule has 1 aromatic rings. The number of allylic oxidation sites excluding steroid dienone is 2. The maximum Gasteiger partial charge on any atom is 0.250 e. The summed E-state index contributed by atoms with van der Waals surface area (Å²) in [6.45, 7) is 15.2. The fraction of sp³-hybridized carbons (Fsp3) is 0.630. The van der Waals surface area contributed by atoms with E-state index in [-0.39, 0.29) is 0 Å². The molecular weight excluding hydrogens is 384 g/mol. The van der Waals surface area contributed by atoms with Crippen LogP contribution in [0.5, 0.6) is 0 Å². The average Bonchev–Trinajstić information content (AvgIpc) is 2.80. The van der Waals surface area contributed by atoms with Gasteiger partial charge >= 0.3 is 0 Å². The first-order chi connectivity index (χ1) is 14.6. The van der Waals surface area contributed by atoms with Crippen molar-refractivity contribution in [2.75, 3.05) is 6.61 Å². The zero-order valence-electron chi connectivity index (χ0n) is 20.0. The standard InChI is InChI=1S/C27H44O2Si/c1-6-10-17-26-25(18-14-19-27(26)29-30(7-2,8-3)9-4)23(5)20-21-28-22-24-15-12-11-13-16-24/h11-13,15-16,25H,5-10,14,17-22H2,1-4H3/t25-/m1/s1. The van der Waals surface area contributed by atoms with Crippen molar-refractivity contribution in [2.24, 2.45) is 5.92 Å². The van der Waals surface area contributed by atoms with E-state index >= 15 is 0 Å². The van der Waals surface area contributed by atoms with E-state index in [2.05, 4.69) is 58.5 Å². The molecule has 0 bridgehead atoms. The Bertz CT molecular complexity index is 652. The van der Waals surface area contributed by atoms with Gasteiger partial charge in [0.05, 0.1) is 19.0 Å². The Morgan fingerprint density at radius 1 is 1.07 bits per heavy atom. The van der Waals surface area contributed by atoms with Gasteiger partial charge in [0.25, 0.3) is 0 Å². The Labute approximate surface area is 186 Å². The van der Waals surface area contributed by atoms with Crippen molar-refractivity contribution in [2.45, 2.75) is 97.4 Å². The minimum Gasteiger partial charge on any atom is -0.547 e. The summed E-state index contributed by atoms with van der Waals surface area (Å²) in [5, 5.41) is 0. The summed E-state index contributed by atoms with van der Waals surface area (Å²) in [7, 11) is -1.63. The molecule has 0 N–H and O–H groups in total. The van der Waals surface area contributed by atoms with Crippen molar-refractivity contribution in [1.82, 2.24) is 0 Å². The Balaban J connectivity index is 2.04. The number of hydrogen-bond donors (Lipinski definition) is 0. The van der Waals surface area contributed by atoms with Crippen molar-refractivity contribution < 1.29 is 9.16 Å². The lowest BCUT2D eigenvalue weighted by Crippen LogP contribution is -2.36. The van der Waals surface area contributed by atoms with Gasteiger partial charge in [0.1, 0.15) is 0 Å². The second-order valence-electron chi connectivity index (χ2n) is 8.79. The average molecular weight is 429 g/mol. The maximum atomic E-state index is 6.95. The monoisotopic (exact) mass is 428 g/mol. The van der Waals surface area contributed by atoms with Crippen LogP contribution in [0.3, 0.4) is 0 Å². The SMILES string of the molecule is C=C(CCOCc1ccccc1)[C@H]1CCCC(O[Si](CC)(CC)CC)=C1CCCC. The molecule has 2 nitrogen and oxygen atoms in total. The second-order valence-corrected chi connectivity index (χ2v) is 13.5. The van der Waals surface area contributed by atoms with E-state index in [9.17, 15) is 0 Å². The fourth-order valence-electron chi connectivity index (χ4n) is 4.61. The van der Waals surface area contributed by atoms with E-state index < -0.39 is 8.32 Å². The second kappa shape index (κ2) is 13.2. The van der Waals surface area contributed by atoms with Crippen LogP contribution in [0.4, 0.5) is 0 Å².